The van der Waals surface area contributed by atoms with Gasteiger partial charge in [-0.05, 0) is 31.4 Å². The molecule has 1 heterocycles. The number of carbonyl (C=O) groups is 2. The molecule has 4 nitrogen and oxygen atoms in total. The van der Waals surface area contributed by atoms with Crippen LogP contribution in [0.25, 0.3) is 0 Å². The average Bonchev–Trinajstić information content (AvgIpc) is 2.72. The molecule has 1 fully saturated rings. The second-order valence-electron chi connectivity index (χ2n) is 7.83. The average molecular weight is 410 g/mol. The summed E-state index contributed by atoms with van der Waals surface area (Å²) in [6.45, 7) is 3.40. The van der Waals surface area contributed by atoms with E-state index in [1.165, 1.54) is 43.4 Å². The van der Waals surface area contributed by atoms with E-state index < -0.39 is 17.5 Å². The van der Waals surface area contributed by atoms with Gasteiger partial charge in [0.2, 0.25) is 0 Å². The number of esters is 1. The molecule has 1 saturated heterocycles. The van der Waals surface area contributed by atoms with E-state index in [9.17, 15) is 18.4 Å². The number of likely N-dealkylation sites (tertiary alicyclic amines) is 1. The Morgan fingerprint density at radius 1 is 1.00 bits per heavy atom. The summed E-state index contributed by atoms with van der Waals surface area (Å²) in [5.74, 6) is -2.45. The highest BCUT2D eigenvalue weighted by molar-refractivity contribution is 5.94. The summed E-state index contributed by atoms with van der Waals surface area (Å²) in [4.78, 5) is 26.1. The Balaban J connectivity index is 1.62. The second kappa shape index (κ2) is 12.6. The Morgan fingerprint density at radius 2 is 1.62 bits per heavy atom. The monoisotopic (exact) mass is 409 g/mol. The van der Waals surface area contributed by atoms with Gasteiger partial charge in [0.1, 0.15) is 11.6 Å². The summed E-state index contributed by atoms with van der Waals surface area (Å²) in [6.07, 6.45) is 10.6. The number of ether oxygens (including phenoxy) is 1. The topological polar surface area (TPSA) is 46.6 Å². The Morgan fingerprint density at radius 3 is 2.24 bits per heavy atom. The van der Waals surface area contributed by atoms with Crippen LogP contribution in [0.3, 0.4) is 0 Å². The molecule has 0 radical (unpaired) electrons. The van der Waals surface area contributed by atoms with Crippen LogP contribution in [0, 0.1) is 17.6 Å². The first-order valence-electron chi connectivity index (χ1n) is 10.9. The molecule has 1 amide bonds. The first-order valence-corrected chi connectivity index (χ1v) is 10.9. The molecule has 2 rings (SSSR count). The number of piperidine rings is 1. The maximum Gasteiger partial charge on any atom is 0.309 e. The lowest BCUT2D eigenvalue weighted by Gasteiger charge is -2.31. The molecule has 1 aliphatic heterocycles. The molecule has 1 aromatic rings. The van der Waals surface area contributed by atoms with Crippen molar-refractivity contribution >= 4 is 11.9 Å². The molecular formula is C23H33F2NO3. The van der Waals surface area contributed by atoms with Gasteiger partial charge in [-0.3, -0.25) is 9.59 Å². The highest BCUT2D eigenvalue weighted by Crippen LogP contribution is 2.22. The third-order valence-corrected chi connectivity index (χ3v) is 5.52. The molecule has 1 aliphatic rings. The van der Waals surface area contributed by atoms with Crippen LogP contribution in [0.15, 0.2) is 18.2 Å². The van der Waals surface area contributed by atoms with Gasteiger partial charge < -0.3 is 9.64 Å². The van der Waals surface area contributed by atoms with Crippen LogP contribution >= 0.6 is 0 Å². The molecule has 1 aromatic carbocycles. The van der Waals surface area contributed by atoms with Gasteiger partial charge >= 0.3 is 5.97 Å². The summed E-state index contributed by atoms with van der Waals surface area (Å²) >= 11 is 0. The number of carbonyl (C=O) groups excluding carboxylic acids is 2. The fourth-order valence-electron chi connectivity index (χ4n) is 3.68. The lowest BCUT2D eigenvalue weighted by molar-refractivity contribution is -0.150. The highest BCUT2D eigenvalue weighted by Gasteiger charge is 2.29. The fourth-order valence-corrected chi connectivity index (χ4v) is 3.68. The van der Waals surface area contributed by atoms with Crippen molar-refractivity contribution in [2.24, 2.45) is 5.92 Å². The molecule has 0 atom stereocenters. The van der Waals surface area contributed by atoms with Crippen LogP contribution in [0.4, 0.5) is 8.78 Å². The molecule has 6 heteroatoms. The van der Waals surface area contributed by atoms with Crippen LogP contribution in [0.5, 0.6) is 0 Å². The van der Waals surface area contributed by atoms with Crippen LogP contribution < -0.4 is 0 Å². The number of hydrogen-bond acceptors (Lipinski definition) is 3. The molecule has 0 unspecified atom stereocenters. The number of halogens is 2. The van der Waals surface area contributed by atoms with Crippen molar-refractivity contribution in [2.45, 2.75) is 71.1 Å². The quantitative estimate of drug-likeness (QED) is 0.358. The molecule has 29 heavy (non-hydrogen) atoms. The van der Waals surface area contributed by atoms with Gasteiger partial charge in [-0.2, -0.15) is 0 Å². The van der Waals surface area contributed by atoms with Gasteiger partial charge in [-0.1, -0.05) is 51.9 Å². The van der Waals surface area contributed by atoms with Gasteiger partial charge in [-0.25, -0.2) is 8.78 Å². The number of unbranched alkanes of at least 4 members (excludes halogenated alkanes) is 7. The largest absolute Gasteiger partial charge is 0.465 e. The number of benzene rings is 1. The van der Waals surface area contributed by atoms with E-state index in [4.69, 9.17) is 4.74 Å². The first-order chi connectivity index (χ1) is 14.0. The molecule has 0 aromatic heterocycles. The number of amides is 1. The minimum Gasteiger partial charge on any atom is -0.465 e. The second-order valence-corrected chi connectivity index (χ2v) is 7.83. The Kier molecular flexibility index (Phi) is 10.1. The predicted molar refractivity (Wildman–Crippen MR) is 109 cm³/mol. The highest BCUT2D eigenvalue weighted by atomic mass is 19.1. The van der Waals surface area contributed by atoms with E-state index in [0.29, 0.717) is 38.6 Å². The van der Waals surface area contributed by atoms with E-state index >= 15 is 0 Å². The third kappa shape index (κ3) is 7.75. The van der Waals surface area contributed by atoms with Crippen LogP contribution in [0.2, 0.25) is 0 Å². The van der Waals surface area contributed by atoms with Gasteiger partial charge in [0, 0.05) is 19.2 Å². The lowest BCUT2D eigenvalue weighted by atomic mass is 9.96. The van der Waals surface area contributed by atoms with Crippen molar-refractivity contribution in [2.75, 3.05) is 19.7 Å². The molecule has 162 valence electrons. The summed E-state index contributed by atoms with van der Waals surface area (Å²) in [6, 6.07) is 2.95. The van der Waals surface area contributed by atoms with Gasteiger partial charge in [-0.15, -0.1) is 0 Å². The van der Waals surface area contributed by atoms with E-state index in [1.54, 1.807) is 0 Å². The van der Waals surface area contributed by atoms with Crippen molar-refractivity contribution in [3.05, 3.63) is 35.4 Å². The van der Waals surface area contributed by atoms with Gasteiger partial charge in [0.25, 0.3) is 5.91 Å². The van der Waals surface area contributed by atoms with Gasteiger partial charge in [0.15, 0.2) is 0 Å². The Labute approximate surface area is 172 Å². The molecule has 0 spiro atoms. The molecular weight excluding hydrogens is 376 g/mol. The minimum absolute atomic E-state index is 0.137. The minimum atomic E-state index is -0.859. The summed E-state index contributed by atoms with van der Waals surface area (Å²) in [7, 11) is 0. The maximum absolute atomic E-state index is 13.8. The fraction of sp³-hybridized carbons (Fsp3) is 0.652. The lowest BCUT2D eigenvalue weighted by Crippen LogP contribution is -2.41. The van der Waals surface area contributed by atoms with E-state index in [1.807, 2.05) is 0 Å². The normalized spacial score (nSPS) is 14.8. The zero-order valence-corrected chi connectivity index (χ0v) is 17.4. The summed E-state index contributed by atoms with van der Waals surface area (Å²) in [5, 5.41) is 0. The molecule has 0 bridgehead atoms. The molecule has 0 N–H and O–H groups in total. The van der Waals surface area contributed by atoms with Crippen LogP contribution in [-0.4, -0.2) is 36.5 Å². The molecule has 0 aliphatic carbocycles. The van der Waals surface area contributed by atoms with Crippen molar-refractivity contribution < 1.29 is 23.1 Å². The van der Waals surface area contributed by atoms with Crippen LogP contribution in [0.1, 0.15) is 81.5 Å². The van der Waals surface area contributed by atoms with Crippen molar-refractivity contribution in [1.82, 2.24) is 4.90 Å². The van der Waals surface area contributed by atoms with E-state index in [-0.39, 0.29) is 17.5 Å². The van der Waals surface area contributed by atoms with E-state index in [0.717, 1.165) is 25.0 Å². The van der Waals surface area contributed by atoms with Crippen molar-refractivity contribution in [3.63, 3.8) is 0 Å². The Hall–Kier alpha value is -1.98. The van der Waals surface area contributed by atoms with Crippen LogP contribution in [-0.2, 0) is 9.53 Å². The van der Waals surface area contributed by atoms with Crippen molar-refractivity contribution in [1.29, 1.82) is 0 Å². The van der Waals surface area contributed by atoms with E-state index in [2.05, 4.69) is 6.92 Å². The standard InChI is InChI=1S/C23H33F2NO3/c1-2-3-4-5-6-7-8-9-16-29-23(28)18-12-14-26(15-13-18)22(27)20-11-10-19(24)17-21(20)25/h10-11,17-18H,2-9,12-16H2,1H3. The first kappa shape index (κ1) is 23.3. The zero-order valence-electron chi connectivity index (χ0n) is 17.4. The number of rotatable bonds is 11. The zero-order chi connectivity index (χ0) is 21.1. The predicted octanol–water partition coefficient (Wildman–Crippen LogP) is 5.50. The maximum atomic E-state index is 13.8. The summed E-state index contributed by atoms with van der Waals surface area (Å²) in [5.41, 5.74) is -0.137. The third-order valence-electron chi connectivity index (χ3n) is 5.52. The Bertz CT molecular complexity index is 658. The smallest absolute Gasteiger partial charge is 0.309 e. The molecule has 0 saturated carbocycles. The van der Waals surface area contributed by atoms with Crippen molar-refractivity contribution in [3.8, 4) is 0 Å². The SMILES string of the molecule is CCCCCCCCCCOC(=O)C1CCN(C(=O)c2ccc(F)cc2F)CC1. The number of hydrogen-bond donors (Lipinski definition) is 0. The number of nitrogens with zero attached hydrogens (tertiary/aromatic N) is 1. The summed E-state index contributed by atoms with van der Waals surface area (Å²) < 4.78 is 32.2. The van der Waals surface area contributed by atoms with Gasteiger partial charge in [0.05, 0.1) is 18.1 Å².